The smallest absolute Gasteiger partial charge is 0.00593 e. The summed E-state index contributed by atoms with van der Waals surface area (Å²) in [5, 5.41) is 1.57. The number of thiol groups is 1. The molecule has 0 radical (unpaired) electrons. The molecule has 3 heteroatoms. The lowest BCUT2D eigenvalue weighted by atomic mass is 11.9. The fourth-order valence-electron chi connectivity index (χ4n) is 0. The van der Waals surface area contributed by atoms with Crippen LogP contribution in [0.1, 0.15) is 0 Å². The Morgan fingerprint density at radius 1 is 2.00 bits per heavy atom. The third-order valence-corrected chi connectivity index (χ3v) is 0.600. The predicted molar refractivity (Wildman–Crippen MR) is 26.2 cm³/mol. The van der Waals surface area contributed by atoms with Gasteiger partial charge >= 0.3 is 0 Å². The van der Waals surface area contributed by atoms with Gasteiger partial charge in [-0.1, -0.05) is 0 Å². The van der Waals surface area contributed by atoms with Crippen molar-refractivity contribution in [2.24, 2.45) is 5.50 Å². The summed E-state index contributed by atoms with van der Waals surface area (Å²) < 4.78 is 0. The van der Waals surface area contributed by atoms with Gasteiger partial charge in [-0.25, -0.2) is 0 Å². The Balaban J connectivity index is 2.55. The first-order valence-electron chi connectivity index (χ1n) is 0.775. The summed E-state index contributed by atoms with van der Waals surface area (Å²) in [6.07, 6.45) is 0. The first kappa shape index (κ1) is 4.48. The average molecular weight is 93.1 g/mol. The van der Waals surface area contributed by atoms with E-state index in [1.165, 1.54) is 0 Å². The highest BCUT2D eigenvalue weighted by molar-refractivity contribution is 8.00. The second-order valence-electron chi connectivity index (χ2n) is 0.265. The molecule has 0 aromatic carbocycles. The topological polar surface area (TPSA) is 26.0 Å². The van der Waals surface area contributed by atoms with Crippen LogP contribution >= 0.6 is 21.0 Å². The van der Waals surface area contributed by atoms with Crippen molar-refractivity contribution in [1.82, 2.24) is 0 Å². The van der Waals surface area contributed by atoms with E-state index in [1.807, 2.05) is 0 Å². The molecule has 4 heavy (non-hydrogen) atoms. The Bertz CT molecular complexity index is 23.2. The summed E-state index contributed by atoms with van der Waals surface area (Å²) in [6.45, 7) is 0. The summed E-state index contributed by atoms with van der Waals surface area (Å²) in [5.41, 5.74) is 4.87. The van der Waals surface area contributed by atoms with Gasteiger partial charge in [-0.3, -0.25) is 5.50 Å². The minimum Gasteiger partial charge on any atom is -0.284 e. The van der Waals surface area contributed by atoms with Crippen LogP contribution in [0.5, 0.6) is 0 Å². The molecule has 0 bridgehead atoms. The first-order valence-corrected chi connectivity index (χ1v) is 2.32. The van der Waals surface area contributed by atoms with Crippen molar-refractivity contribution >= 4 is 26.1 Å². The molecule has 0 atom stereocenters. The molecule has 0 aliphatic carbocycles. The van der Waals surface area contributed by atoms with Crippen molar-refractivity contribution in [1.29, 1.82) is 0 Å². The Hall–Kier alpha value is 0.480. The van der Waals surface area contributed by atoms with E-state index in [9.17, 15) is 0 Å². The minimum atomic E-state index is 0.738. The van der Waals surface area contributed by atoms with Gasteiger partial charge in [-0.05, 0) is 8.35 Å². The van der Waals surface area contributed by atoms with Crippen LogP contribution in [0.2, 0.25) is 0 Å². The highest BCUT2D eigenvalue weighted by atomic mass is 32.1. The second kappa shape index (κ2) is 3.48. The Morgan fingerprint density at radius 2 is 2.25 bits per heavy atom. The molecule has 0 heterocycles. The van der Waals surface area contributed by atoms with Gasteiger partial charge in [-0.2, -0.15) is 0 Å². The molecule has 0 saturated heterocycles. The molecule has 0 aliphatic heterocycles. The zero-order valence-electron chi connectivity index (χ0n) is 2.05. The summed E-state index contributed by atoms with van der Waals surface area (Å²) in [5.74, 6) is 0. The van der Waals surface area contributed by atoms with Crippen LogP contribution in [0.25, 0.3) is 0 Å². The van der Waals surface area contributed by atoms with Crippen molar-refractivity contribution in [2.75, 3.05) is 0 Å². The maximum atomic E-state index is 4.87. The molecule has 0 fully saturated rings. The molecule has 0 aromatic rings. The van der Waals surface area contributed by atoms with Crippen molar-refractivity contribution in [3.63, 3.8) is 0 Å². The first-order chi connectivity index (χ1) is 1.91. The van der Waals surface area contributed by atoms with E-state index in [-0.39, 0.29) is 0 Å². The van der Waals surface area contributed by atoms with Crippen molar-refractivity contribution < 1.29 is 0 Å². The van der Waals surface area contributed by atoms with Gasteiger partial charge < -0.3 is 0 Å². The van der Waals surface area contributed by atoms with Crippen LogP contribution in [0.3, 0.4) is 0 Å². The summed E-state index contributed by atoms with van der Waals surface area (Å²) in [6, 6.07) is 0. The number of hydrogen-bond donors (Lipinski definition) is 2. The largest absolute Gasteiger partial charge is 0.284 e. The van der Waals surface area contributed by atoms with E-state index in [1.54, 1.807) is 5.13 Å². The number of hydrogen-bond acceptors (Lipinski definition) is 1. The van der Waals surface area contributed by atoms with Gasteiger partial charge in [0.2, 0.25) is 0 Å². The van der Waals surface area contributed by atoms with Crippen molar-refractivity contribution in [3.05, 3.63) is 0 Å². The molecule has 0 saturated carbocycles. The monoisotopic (exact) mass is 93.0 g/mol. The molecule has 1 nitrogen and oxygen atoms in total. The van der Waals surface area contributed by atoms with E-state index in [2.05, 4.69) is 12.6 Å². The molecule has 2 N–H and O–H groups in total. The summed E-state index contributed by atoms with van der Waals surface area (Å²) in [7, 11) is 0.738. The minimum absolute atomic E-state index is 0.738. The van der Waals surface area contributed by atoms with E-state index in [4.69, 9.17) is 5.50 Å². The zero-order valence-corrected chi connectivity index (χ0v) is 3.84. The molecular formula is CH4NPS. The molecule has 0 rings (SSSR count). The molecule has 0 spiro atoms. The Morgan fingerprint density at radius 3 is 2.25 bits per heavy atom. The van der Waals surface area contributed by atoms with Gasteiger partial charge in [0.25, 0.3) is 0 Å². The van der Waals surface area contributed by atoms with E-state index in [0.717, 1.165) is 8.35 Å². The highest BCUT2D eigenvalue weighted by Gasteiger charge is 1.35. The molecular weight excluding hydrogens is 89.1 g/mol. The van der Waals surface area contributed by atoms with Crippen molar-refractivity contribution in [3.8, 4) is 0 Å². The normalized spacial score (nSPS) is 9.50. The highest BCUT2D eigenvalue weighted by Crippen LogP contribution is 1.71. The maximum Gasteiger partial charge on any atom is 0.00593 e. The van der Waals surface area contributed by atoms with Gasteiger partial charge in [0.1, 0.15) is 0 Å². The lowest BCUT2D eigenvalue weighted by Gasteiger charge is -1.50. The molecule has 0 unspecified atom stereocenters. The maximum absolute atomic E-state index is 4.87. The van der Waals surface area contributed by atoms with Gasteiger partial charge in [-0.15, -0.1) is 12.6 Å². The van der Waals surface area contributed by atoms with Crippen molar-refractivity contribution in [2.45, 2.75) is 0 Å². The van der Waals surface area contributed by atoms with Gasteiger partial charge in [0.15, 0.2) is 0 Å². The predicted octanol–water partition coefficient (Wildman–Crippen LogP) is 0.496. The lowest BCUT2D eigenvalue weighted by Crippen LogP contribution is -1.57. The van der Waals surface area contributed by atoms with Crippen LogP contribution < -0.4 is 5.50 Å². The lowest BCUT2D eigenvalue weighted by molar-refractivity contribution is 2.05. The van der Waals surface area contributed by atoms with E-state index in [0.29, 0.717) is 0 Å². The van der Waals surface area contributed by atoms with E-state index < -0.39 is 0 Å². The third kappa shape index (κ3) is 2.48. The van der Waals surface area contributed by atoms with Gasteiger partial charge in [0, 0.05) is 5.13 Å². The molecule has 0 amide bonds. The standard InChI is InChI=1S/CH4NPS/c2-3-1-4/h1,4H,2H2. The fourth-order valence-corrected chi connectivity index (χ4v) is 0. The van der Waals surface area contributed by atoms with Crippen LogP contribution in [0, 0.1) is 0 Å². The fraction of sp³-hybridized carbons (Fsp3) is 0. The Labute approximate surface area is 32.5 Å². The van der Waals surface area contributed by atoms with Gasteiger partial charge in [0.05, 0.1) is 0 Å². The van der Waals surface area contributed by atoms with Crippen LogP contribution in [0.4, 0.5) is 0 Å². The second-order valence-corrected chi connectivity index (χ2v) is 1.49. The molecule has 0 aliphatic rings. The van der Waals surface area contributed by atoms with Crippen LogP contribution in [-0.2, 0) is 0 Å². The third-order valence-electron chi connectivity index (χ3n) is 0.0667. The quantitative estimate of drug-likeness (QED) is 0.331. The summed E-state index contributed by atoms with van der Waals surface area (Å²) >= 11 is 3.66. The zero-order chi connectivity index (χ0) is 3.41. The SMILES string of the molecule is NP=CS. The van der Waals surface area contributed by atoms with Crippen LogP contribution in [0.15, 0.2) is 0 Å². The number of rotatable bonds is 0. The van der Waals surface area contributed by atoms with Crippen LogP contribution in [-0.4, -0.2) is 5.13 Å². The van der Waals surface area contributed by atoms with E-state index >= 15 is 0 Å². The molecule has 0 aromatic heterocycles. The average Bonchev–Trinajstić information content (AvgIpc) is 1.37. The molecule has 24 valence electrons. The Kier molecular flexibility index (Phi) is 3.90. The number of nitrogens with two attached hydrogens (primary N) is 1. The summed E-state index contributed by atoms with van der Waals surface area (Å²) in [4.78, 5) is 0.